The number of nitrogens with one attached hydrogen (secondary N) is 1. The van der Waals surface area contributed by atoms with Crippen molar-refractivity contribution >= 4 is 7.60 Å². The third-order valence-corrected chi connectivity index (χ3v) is 6.03. The van der Waals surface area contributed by atoms with E-state index in [4.69, 9.17) is 9.05 Å². The van der Waals surface area contributed by atoms with Crippen LogP contribution in [0.4, 0.5) is 0 Å². The summed E-state index contributed by atoms with van der Waals surface area (Å²) in [7, 11) is -3.34. The van der Waals surface area contributed by atoms with Gasteiger partial charge in [0, 0.05) is 0 Å². The summed E-state index contributed by atoms with van der Waals surface area (Å²) in [5.41, 5.74) is 0. The van der Waals surface area contributed by atoms with Crippen LogP contribution in [0.5, 0.6) is 11.5 Å². The van der Waals surface area contributed by atoms with Crippen LogP contribution in [0.3, 0.4) is 0 Å². The first kappa shape index (κ1) is 18.0. The van der Waals surface area contributed by atoms with E-state index in [0.29, 0.717) is 17.4 Å². The molecule has 0 aliphatic heterocycles. The van der Waals surface area contributed by atoms with E-state index in [2.05, 4.69) is 5.32 Å². The van der Waals surface area contributed by atoms with Crippen molar-refractivity contribution in [2.75, 3.05) is 12.8 Å². The van der Waals surface area contributed by atoms with Gasteiger partial charge in [-0.2, -0.15) is 0 Å². The molecular weight excluding hydrogens is 333 g/mol. The van der Waals surface area contributed by atoms with Gasteiger partial charge in [-0.3, -0.25) is 0 Å². The van der Waals surface area contributed by atoms with Crippen LogP contribution in [0.1, 0.15) is 32.1 Å². The zero-order valence-electron chi connectivity index (χ0n) is 14.5. The summed E-state index contributed by atoms with van der Waals surface area (Å²) < 4.78 is 24.8. The number of hydrogen-bond acceptors (Lipinski definition) is 4. The Morgan fingerprint density at radius 2 is 1.36 bits per heavy atom. The van der Waals surface area contributed by atoms with Crippen molar-refractivity contribution in [1.82, 2.24) is 5.32 Å². The van der Waals surface area contributed by atoms with Crippen molar-refractivity contribution in [1.29, 1.82) is 0 Å². The van der Waals surface area contributed by atoms with Gasteiger partial charge in [0.1, 0.15) is 17.8 Å². The van der Waals surface area contributed by atoms with E-state index >= 15 is 0 Å². The Morgan fingerprint density at radius 3 is 1.88 bits per heavy atom. The predicted octanol–water partition coefficient (Wildman–Crippen LogP) is 5.46. The molecule has 0 bridgehead atoms. The summed E-state index contributed by atoms with van der Waals surface area (Å²) in [4.78, 5) is 0. The minimum absolute atomic E-state index is 0.202. The molecule has 0 radical (unpaired) electrons. The zero-order valence-corrected chi connectivity index (χ0v) is 15.4. The van der Waals surface area contributed by atoms with Crippen molar-refractivity contribution in [2.24, 2.45) is 5.92 Å². The summed E-state index contributed by atoms with van der Waals surface area (Å²) in [6, 6.07) is 18.4. The van der Waals surface area contributed by atoms with E-state index < -0.39 is 7.60 Å². The van der Waals surface area contributed by atoms with Crippen LogP contribution in [-0.2, 0) is 4.57 Å². The molecule has 2 aromatic carbocycles. The second kappa shape index (κ2) is 9.07. The van der Waals surface area contributed by atoms with Crippen molar-refractivity contribution in [3.63, 3.8) is 0 Å². The summed E-state index contributed by atoms with van der Waals surface area (Å²) in [6.07, 6.45) is 6.62. The minimum atomic E-state index is -3.34. The Morgan fingerprint density at radius 1 is 0.840 bits per heavy atom. The van der Waals surface area contributed by atoms with E-state index in [1.807, 2.05) is 36.4 Å². The van der Waals surface area contributed by atoms with Gasteiger partial charge in [-0.25, -0.2) is 4.57 Å². The summed E-state index contributed by atoms with van der Waals surface area (Å²) >= 11 is 0. The van der Waals surface area contributed by atoms with E-state index in [0.717, 1.165) is 6.54 Å². The third-order valence-electron chi connectivity index (χ3n) is 4.44. The monoisotopic (exact) mass is 359 g/mol. The molecule has 0 spiro atoms. The first-order chi connectivity index (χ1) is 12.2. The highest BCUT2D eigenvalue weighted by Crippen LogP contribution is 2.47. The smallest absolute Gasteiger partial charge is 0.415 e. The summed E-state index contributed by atoms with van der Waals surface area (Å²) in [5, 5.41) is 3.32. The largest absolute Gasteiger partial charge is 0.444 e. The van der Waals surface area contributed by atoms with Crippen molar-refractivity contribution in [3.05, 3.63) is 60.7 Å². The van der Waals surface area contributed by atoms with Crippen LogP contribution in [-0.4, -0.2) is 12.8 Å². The molecule has 1 fully saturated rings. The fraction of sp³-hybridized carbons (Fsp3) is 0.400. The van der Waals surface area contributed by atoms with Crippen LogP contribution < -0.4 is 14.4 Å². The molecule has 134 valence electrons. The molecule has 4 nitrogen and oxygen atoms in total. The van der Waals surface area contributed by atoms with Gasteiger partial charge in [-0.05, 0) is 49.6 Å². The molecule has 0 atom stereocenters. The maximum Gasteiger partial charge on any atom is 0.444 e. The normalized spacial score (nSPS) is 15.7. The number of benzene rings is 2. The molecule has 0 amide bonds. The summed E-state index contributed by atoms with van der Waals surface area (Å²) in [6.45, 7) is 0.861. The molecule has 3 rings (SSSR count). The van der Waals surface area contributed by atoms with Gasteiger partial charge < -0.3 is 14.4 Å². The molecule has 0 heterocycles. The Labute approximate surface area is 150 Å². The molecule has 5 heteroatoms. The molecule has 0 saturated heterocycles. The lowest BCUT2D eigenvalue weighted by Gasteiger charge is -2.24. The lowest BCUT2D eigenvalue weighted by Crippen LogP contribution is -2.27. The quantitative estimate of drug-likeness (QED) is 0.635. The lowest BCUT2D eigenvalue weighted by atomic mass is 9.89. The van der Waals surface area contributed by atoms with Gasteiger partial charge in [0.15, 0.2) is 0 Å². The number of rotatable bonds is 8. The van der Waals surface area contributed by atoms with E-state index in [1.54, 1.807) is 24.3 Å². The Kier molecular flexibility index (Phi) is 6.55. The first-order valence-corrected chi connectivity index (χ1v) is 10.8. The Balaban J connectivity index is 1.63. The van der Waals surface area contributed by atoms with Gasteiger partial charge in [-0.1, -0.05) is 55.7 Å². The lowest BCUT2D eigenvalue weighted by molar-refractivity contribution is 0.339. The van der Waals surface area contributed by atoms with E-state index in [1.165, 1.54) is 32.1 Å². The highest BCUT2D eigenvalue weighted by atomic mass is 31.2. The standard InChI is InChI=1S/C20H26NO3P/c22-25(23-19-12-6-2-7-13-19,24-20-14-8-3-9-15-20)17-21-16-18-10-4-1-5-11-18/h2-3,6-9,12-15,18,21H,1,4-5,10-11,16-17H2. The van der Waals surface area contributed by atoms with E-state index in [-0.39, 0.29) is 6.29 Å². The Bertz CT molecular complexity index is 626. The molecule has 25 heavy (non-hydrogen) atoms. The average molecular weight is 359 g/mol. The fourth-order valence-corrected chi connectivity index (χ4v) is 4.62. The molecule has 1 N–H and O–H groups in total. The maximum atomic E-state index is 13.3. The zero-order chi connectivity index (χ0) is 17.4. The average Bonchev–Trinajstić information content (AvgIpc) is 2.64. The SMILES string of the molecule is O=P(CNCC1CCCCC1)(Oc1ccccc1)Oc1ccccc1. The minimum Gasteiger partial charge on any atom is -0.415 e. The van der Waals surface area contributed by atoms with E-state index in [9.17, 15) is 4.57 Å². The number of hydrogen-bond donors (Lipinski definition) is 1. The third kappa shape index (κ3) is 5.91. The molecule has 0 unspecified atom stereocenters. The van der Waals surface area contributed by atoms with Gasteiger partial charge in [0.05, 0.1) is 0 Å². The predicted molar refractivity (Wildman–Crippen MR) is 101 cm³/mol. The second-order valence-electron chi connectivity index (χ2n) is 6.54. The fourth-order valence-electron chi connectivity index (χ4n) is 3.16. The maximum absolute atomic E-state index is 13.3. The first-order valence-electron chi connectivity index (χ1n) is 9.03. The molecular formula is C20H26NO3P. The van der Waals surface area contributed by atoms with Crippen LogP contribution in [0, 0.1) is 5.92 Å². The Hall–Kier alpha value is -1.77. The van der Waals surface area contributed by atoms with Crippen LogP contribution in [0.2, 0.25) is 0 Å². The van der Waals surface area contributed by atoms with Crippen molar-refractivity contribution in [3.8, 4) is 11.5 Å². The van der Waals surface area contributed by atoms with Gasteiger partial charge in [0.25, 0.3) is 0 Å². The topological polar surface area (TPSA) is 47.6 Å². The van der Waals surface area contributed by atoms with Gasteiger partial charge >= 0.3 is 7.60 Å². The van der Waals surface area contributed by atoms with Crippen LogP contribution >= 0.6 is 7.60 Å². The van der Waals surface area contributed by atoms with Crippen molar-refractivity contribution in [2.45, 2.75) is 32.1 Å². The molecule has 2 aromatic rings. The molecule has 0 aromatic heterocycles. The van der Waals surface area contributed by atoms with Gasteiger partial charge in [-0.15, -0.1) is 0 Å². The van der Waals surface area contributed by atoms with Gasteiger partial charge in [0.2, 0.25) is 0 Å². The highest BCUT2D eigenvalue weighted by Gasteiger charge is 2.28. The molecule has 1 aliphatic carbocycles. The molecule has 1 aliphatic rings. The highest BCUT2D eigenvalue weighted by molar-refractivity contribution is 7.54. The number of para-hydroxylation sites is 2. The summed E-state index contributed by atoms with van der Waals surface area (Å²) in [5.74, 6) is 1.78. The molecule has 1 saturated carbocycles. The van der Waals surface area contributed by atoms with Crippen molar-refractivity contribution < 1.29 is 13.6 Å². The van der Waals surface area contributed by atoms with Crippen LogP contribution in [0.25, 0.3) is 0 Å². The second-order valence-corrected chi connectivity index (χ2v) is 8.44. The van der Waals surface area contributed by atoms with Crippen LogP contribution in [0.15, 0.2) is 60.7 Å².